The van der Waals surface area contributed by atoms with E-state index in [1.54, 1.807) is 12.4 Å². The second-order valence-corrected chi connectivity index (χ2v) is 7.53. The summed E-state index contributed by atoms with van der Waals surface area (Å²) >= 11 is 1.50. The van der Waals surface area contributed by atoms with Crippen LogP contribution >= 0.6 is 11.3 Å². The standard InChI is InChI=1S/C19H21N5OS/c1-13-22-12-15(23(13)2)18-17(20-7-8-21-18)14-5-9-24(10-6-14)19(25)16-4-3-11-26-16/h3-4,7-8,11-12,14H,5-6,9-10H2,1-2H3. The van der Waals surface area contributed by atoms with Gasteiger partial charge in [0, 0.05) is 38.4 Å². The lowest BCUT2D eigenvalue weighted by Gasteiger charge is -2.32. The molecule has 0 bridgehead atoms. The summed E-state index contributed by atoms with van der Waals surface area (Å²) in [5.41, 5.74) is 2.90. The van der Waals surface area contributed by atoms with Crippen LogP contribution in [0.1, 0.15) is 39.9 Å². The van der Waals surface area contributed by atoms with E-state index in [1.807, 2.05) is 47.1 Å². The van der Waals surface area contributed by atoms with Crippen molar-refractivity contribution in [3.63, 3.8) is 0 Å². The van der Waals surface area contributed by atoms with Gasteiger partial charge in [0.1, 0.15) is 11.5 Å². The highest BCUT2D eigenvalue weighted by atomic mass is 32.1. The first-order valence-electron chi connectivity index (χ1n) is 8.77. The van der Waals surface area contributed by atoms with Crippen LogP contribution < -0.4 is 0 Å². The van der Waals surface area contributed by atoms with Gasteiger partial charge in [-0.2, -0.15) is 0 Å². The third-order valence-electron chi connectivity index (χ3n) is 5.09. The first-order valence-corrected chi connectivity index (χ1v) is 9.65. The number of imidazole rings is 1. The smallest absolute Gasteiger partial charge is 0.263 e. The molecule has 0 aliphatic carbocycles. The molecular weight excluding hydrogens is 346 g/mol. The molecule has 1 amide bonds. The van der Waals surface area contributed by atoms with Crippen molar-refractivity contribution in [1.82, 2.24) is 24.4 Å². The molecule has 0 aromatic carbocycles. The number of aromatic nitrogens is 4. The van der Waals surface area contributed by atoms with Crippen LogP contribution in [-0.2, 0) is 7.05 Å². The minimum absolute atomic E-state index is 0.139. The maximum absolute atomic E-state index is 12.5. The molecule has 3 aromatic rings. The van der Waals surface area contributed by atoms with Gasteiger partial charge in [0.15, 0.2) is 0 Å². The van der Waals surface area contributed by atoms with E-state index in [-0.39, 0.29) is 5.91 Å². The number of piperidine rings is 1. The zero-order chi connectivity index (χ0) is 18.1. The average molecular weight is 367 g/mol. The van der Waals surface area contributed by atoms with Crippen LogP contribution in [0.5, 0.6) is 0 Å². The number of hydrogen-bond acceptors (Lipinski definition) is 5. The van der Waals surface area contributed by atoms with Crippen molar-refractivity contribution in [2.75, 3.05) is 13.1 Å². The summed E-state index contributed by atoms with van der Waals surface area (Å²) < 4.78 is 2.04. The van der Waals surface area contributed by atoms with E-state index in [1.165, 1.54) is 11.3 Å². The number of aryl methyl sites for hydroxylation is 1. The molecule has 0 saturated carbocycles. The van der Waals surface area contributed by atoms with Gasteiger partial charge in [0.05, 0.1) is 22.5 Å². The summed E-state index contributed by atoms with van der Waals surface area (Å²) in [7, 11) is 2.00. The van der Waals surface area contributed by atoms with Gasteiger partial charge in [-0.05, 0) is 31.2 Å². The van der Waals surface area contributed by atoms with E-state index in [0.717, 1.165) is 53.7 Å². The zero-order valence-corrected chi connectivity index (χ0v) is 15.7. The minimum atomic E-state index is 0.139. The third kappa shape index (κ3) is 3.03. The van der Waals surface area contributed by atoms with Gasteiger partial charge in [0.2, 0.25) is 0 Å². The van der Waals surface area contributed by atoms with E-state index in [2.05, 4.69) is 15.0 Å². The largest absolute Gasteiger partial charge is 0.338 e. The van der Waals surface area contributed by atoms with Crippen molar-refractivity contribution in [2.24, 2.45) is 7.05 Å². The van der Waals surface area contributed by atoms with Crippen molar-refractivity contribution in [1.29, 1.82) is 0 Å². The lowest BCUT2D eigenvalue weighted by molar-refractivity contribution is 0.0717. The van der Waals surface area contributed by atoms with Crippen LogP contribution in [0.2, 0.25) is 0 Å². The molecule has 4 heterocycles. The summed E-state index contributed by atoms with van der Waals surface area (Å²) in [6.07, 6.45) is 7.15. The molecular formula is C19H21N5OS. The van der Waals surface area contributed by atoms with Gasteiger partial charge in [-0.15, -0.1) is 11.3 Å². The van der Waals surface area contributed by atoms with Crippen molar-refractivity contribution in [3.8, 4) is 11.4 Å². The number of likely N-dealkylation sites (tertiary alicyclic amines) is 1. The van der Waals surface area contributed by atoms with E-state index in [4.69, 9.17) is 0 Å². The maximum Gasteiger partial charge on any atom is 0.263 e. The highest BCUT2D eigenvalue weighted by Crippen LogP contribution is 2.33. The molecule has 134 valence electrons. The van der Waals surface area contributed by atoms with Gasteiger partial charge in [-0.1, -0.05) is 6.07 Å². The number of amides is 1. The Morgan fingerprint density at radius 3 is 2.62 bits per heavy atom. The lowest BCUT2D eigenvalue weighted by Crippen LogP contribution is -2.37. The molecule has 1 aliphatic rings. The Kier molecular flexibility index (Phi) is 4.55. The van der Waals surface area contributed by atoms with E-state index >= 15 is 0 Å². The van der Waals surface area contributed by atoms with Crippen LogP contribution in [0, 0.1) is 6.92 Å². The van der Waals surface area contributed by atoms with Crippen LogP contribution in [-0.4, -0.2) is 43.4 Å². The highest BCUT2D eigenvalue weighted by Gasteiger charge is 2.28. The monoisotopic (exact) mass is 367 g/mol. The van der Waals surface area contributed by atoms with Crippen molar-refractivity contribution < 1.29 is 4.79 Å². The maximum atomic E-state index is 12.5. The molecule has 1 saturated heterocycles. The summed E-state index contributed by atoms with van der Waals surface area (Å²) in [6.45, 7) is 3.48. The number of carbonyl (C=O) groups excluding carboxylic acids is 1. The average Bonchev–Trinajstić information content (AvgIpc) is 3.33. The van der Waals surface area contributed by atoms with Crippen LogP contribution in [0.25, 0.3) is 11.4 Å². The Bertz CT molecular complexity index is 910. The predicted octanol–water partition coefficient (Wildman–Crippen LogP) is 3.27. The summed E-state index contributed by atoms with van der Waals surface area (Å²) in [5, 5.41) is 1.95. The lowest BCUT2D eigenvalue weighted by atomic mass is 9.91. The number of thiophene rings is 1. The number of nitrogens with zero attached hydrogens (tertiary/aromatic N) is 5. The Morgan fingerprint density at radius 2 is 1.96 bits per heavy atom. The van der Waals surface area contributed by atoms with Crippen LogP contribution in [0.3, 0.4) is 0 Å². The second kappa shape index (κ2) is 6.99. The molecule has 3 aromatic heterocycles. The SMILES string of the molecule is Cc1ncc(-c2nccnc2C2CCN(C(=O)c3cccs3)CC2)n1C. The number of carbonyl (C=O) groups is 1. The molecule has 1 aliphatic heterocycles. The van der Waals surface area contributed by atoms with Gasteiger partial charge < -0.3 is 9.47 Å². The van der Waals surface area contributed by atoms with Crippen LogP contribution in [0.4, 0.5) is 0 Å². The fourth-order valence-corrected chi connectivity index (χ4v) is 4.17. The highest BCUT2D eigenvalue weighted by molar-refractivity contribution is 7.12. The Balaban J connectivity index is 1.54. The van der Waals surface area contributed by atoms with Crippen molar-refractivity contribution in [3.05, 3.63) is 52.5 Å². The molecule has 0 unspecified atom stereocenters. The normalized spacial score (nSPS) is 15.4. The van der Waals surface area contributed by atoms with E-state index in [9.17, 15) is 4.79 Å². The second-order valence-electron chi connectivity index (χ2n) is 6.58. The summed E-state index contributed by atoms with van der Waals surface area (Å²) in [6, 6.07) is 3.82. The van der Waals surface area contributed by atoms with Gasteiger partial charge in [-0.25, -0.2) is 4.98 Å². The van der Waals surface area contributed by atoms with E-state index in [0.29, 0.717) is 5.92 Å². The zero-order valence-electron chi connectivity index (χ0n) is 14.9. The van der Waals surface area contributed by atoms with Crippen molar-refractivity contribution >= 4 is 17.2 Å². The van der Waals surface area contributed by atoms with Crippen molar-refractivity contribution in [2.45, 2.75) is 25.7 Å². The summed E-state index contributed by atoms with van der Waals surface area (Å²) in [5.74, 6) is 1.40. The molecule has 0 atom stereocenters. The Morgan fingerprint density at radius 1 is 1.19 bits per heavy atom. The number of hydrogen-bond donors (Lipinski definition) is 0. The van der Waals surface area contributed by atoms with Gasteiger partial charge in [0.25, 0.3) is 5.91 Å². The molecule has 4 rings (SSSR count). The van der Waals surface area contributed by atoms with Crippen LogP contribution in [0.15, 0.2) is 36.1 Å². The molecule has 26 heavy (non-hydrogen) atoms. The van der Waals surface area contributed by atoms with Gasteiger partial charge in [-0.3, -0.25) is 14.8 Å². The van der Waals surface area contributed by atoms with Gasteiger partial charge >= 0.3 is 0 Å². The topological polar surface area (TPSA) is 63.9 Å². The number of rotatable bonds is 3. The molecule has 1 fully saturated rings. The Labute approximate surface area is 156 Å². The summed E-state index contributed by atoms with van der Waals surface area (Å²) in [4.78, 5) is 28.9. The molecule has 0 radical (unpaired) electrons. The third-order valence-corrected chi connectivity index (χ3v) is 5.95. The molecule has 6 nitrogen and oxygen atoms in total. The Hall–Kier alpha value is -2.54. The fraction of sp³-hybridized carbons (Fsp3) is 0.368. The first kappa shape index (κ1) is 16.9. The molecule has 0 spiro atoms. The molecule has 7 heteroatoms. The predicted molar refractivity (Wildman–Crippen MR) is 101 cm³/mol. The minimum Gasteiger partial charge on any atom is -0.338 e. The first-order chi connectivity index (χ1) is 12.6. The fourth-order valence-electron chi connectivity index (χ4n) is 3.48. The van der Waals surface area contributed by atoms with E-state index < -0.39 is 0 Å². The quantitative estimate of drug-likeness (QED) is 0.713. The molecule has 0 N–H and O–H groups in total.